The van der Waals surface area contributed by atoms with E-state index in [4.69, 9.17) is 9.84 Å². The Balaban J connectivity index is 2.19. The SMILES string of the molecule is COC(SCN(c1ccccc1)c1ccccc1)C(=O)O. The molecule has 0 saturated carbocycles. The Hall–Kier alpha value is -1.98. The maximum atomic E-state index is 11.1. The van der Waals surface area contributed by atoms with E-state index in [1.807, 2.05) is 60.7 Å². The lowest BCUT2D eigenvalue weighted by Crippen LogP contribution is -2.24. The highest BCUT2D eigenvalue weighted by Gasteiger charge is 2.19. The molecule has 0 aliphatic heterocycles. The molecule has 0 aliphatic carbocycles. The second-order valence-corrected chi connectivity index (χ2v) is 5.32. The lowest BCUT2D eigenvalue weighted by Gasteiger charge is -2.25. The lowest BCUT2D eigenvalue weighted by atomic mass is 10.2. The van der Waals surface area contributed by atoms with Crippen LogP contribution in [0.4, 0.5) is 11.4 Å². The van der Waals surface area contributed by atoms with Gasteiger partial charge in [-0.25, -0.2) is 4.79 Å². The molecule has 0 bridgehead atoms. The molecule has 0 heterocycles. The van der Waals surface area contributed by atoms with Gasteiger partial charge in [0.15, 0.2) is 0 Å². The summed E-state index contributed by atoms with van der Waals surface area (Å²) >= 11 is 1.23. The summed E-state index contributed by atoms with van der Waals surface area (Å²) in [7, 11) is 1.40. The van der Waals surface area contributed by atoms with Crippen LogP contribution in [0.5, 0.6) is 0 Å². The molecule has 1 N–H and O–H groups in total. The zero-order valence-electron chi connectivity index (χ0n) is 11.7. The number of carboxylic acid groups (broad SMARTS) is 1. The van der Waals surface area contributed by atoms with Crippen LogP contribution >= 0.6 is 11.8 Å². The molecule has 1 atom stereocenters. The third kappa shape index (κ3) is 4.24. The van der Waals surface area contributed by atoms with Crippen molar-refractivity contribution < 1.29 is 14.6 Å². The summed E-state index contributed by atoms with van der Waals surface area (Å²) in [5.74, 6) is -0.484. The second kappa shape index (κ2) is 7.71. The molecule has 2 aromatic carbocycles. The van der Waals surface area contributed by atoms with E-state index in [9.17, 15) is 4.79 Å². The average Bonchev–Trinajstić information content (AvgIpc) is 2.53. The predicted octanol–water partition coefficient (Wildman–Crippen LogP) is 3.57. The van der Waals surface area contributed by atoms with E-state index in [0.29, 0.717) is 5.88 Å². The summed E-state index contributed by atoms with van der Waals surface area (Å²) in [6.45, 7) is 0. The highest BCUT2D eigenvalue weighted by atomic mass is 32.2. The molecular formula is C16H17NO3S. The van der Waals surface area contributed by atoms with Crippen molar-refractivity contribution in [3.63, 3.8) is 0 Å². The largest absolute Gasteiger partial charge is 0.479 e. The number of methoxy groups -OCH3 is 1. The highest BCUT2D eigenvalue weighted by Crippen LogP contribution is 2.28. The Morgan fingerprint density at radius 2 is 1.57 bits per heavy atom. The molecule has 2 aromatic rings. The van der Waals surface area contributed by atoms with Crippen LogP contribution in [0.1, 0.15) is 0 Å². The number of hydrogen-bond donors (Lipinski definition) is 1. The number of hydrogen-bond acceptors (Lipinski definition) is 4. The van der Waals surface area contributed by atoms with Crippen LogP contribution in [0.2, 0.25) is 0 Å². The Kier molecular flexibility index (Phi) is 5.66. The number of thioether (sulfide) groups is 1. The molecule has 0 fully saturated rings. The normalized spacial score (nSPS) is 11.9. The Bertz CT molecular complexity index is 523. The highest BCUT2D eigenvalue weighted by molar-refractivity contribution is 8.00. The molecule has 0 spiro atoms. The van der Waals surface area contributed by atoms with Gasteiger partial charge in [-0.2, -0.15) is 0 Å². The first-order chi connectivity index (χ1) is 10.2. The molecule has 0 amide bonds. The number of carboxylic acids is 1. The fourth-order valence-electron chi connectivity index (χ4n) is 1.90. The van der Waals surface area contributed by atoms with Gasteiger partial charge in [-0.05, 0) is 24.3 Å². The monoisotopic (exact) mass is 303 g/mol. The van der Waals surface area contributed by atoms with E-state index >= 15 is 0 Å². The summed E-state index contributed by atoms with van der Waals surface area (Å²) in [4.78, 5) is 13.1. The summed E-state index contributed by atoms with van der Waals surface area (Å²) in [6.07, 6.45) is 0. The van der Waals surface area contributed by atoms with E-state index in [1.54, 1.807) is 0 Å². The molecule has 0 saturated heterocycles. The first-order valence-corrected chi connectivity index (χ1v) is 7.52. The molecular weight excluding hydrogens is 286 g/mol. The lowest BCUT2D eigenvalue weighted by molar-refractivity contribution is -0.143. The van der Waals surface area contributed by atoms with Gasteiger partial charge in [-0.3, -0.25) is 0 Å². The summed E-state index contributed by atoms with van der Waals surface area (Å²) in [5, 5.41) is 9.06. The molecule has 21 heavy (non-hydrogen) atoms. The van der Waals surface area contributed by atoms with Gasteiger partial charge < -0.3 is 14.7 Å². The molecule has 0 radical (unpaired) electrons. The van der Waals surface area contributed by atoms with Crippen molar-refractivity contribution in [2.75, 3.05) is 17.9 Å². The van der Waals surface area contributed by atoms with Gasteiger partial charge in [0.05, 0.1) is 5.88 Å². The minimum atomic E-state index is -0.969. The fourth-order valence-corrected chi connectivity index (χ4v) is 2.76. The standard InChI is InChI=1S/C16H17NO3S/c1-20-16(15(18)19)21-12-17(13-8-4-2-5-9-13)14-10-6-3-7-11-14/h2-11,16H,12H2,1H3,(H,18,19). The number of benzene rings is 2. The first kappa shape index (κ1) is 15.4. The fraction of sp³-hybridized carbons (Fsp3) is 0.188. The van der Waals surface area contributed by atoms with Gasteiger partial charge in [0, 0.05) is 18.5 Å². The third-order valence-corrected chi connectivity index (χ3v) is 4.01. The van der Waals surface area contributed by atoms with Gasteiger partial charge in [0.25, 0.3) is 0 Å². The number of anilines is 2. The van der Waals surface area contributed by atoms with Crippen LogP contribution in [0.15, 0.2) is 60.7 Å². The van der Waals surface area contributed by atoms with Gasteiger partial charge in [-0.1, -0.05) is 48.2 Å². The van der Waals surface area contributed by atoms with E-state index in [1.165, 1.54) is 18.9 Å². The van der Waals surface area contributed by atoms with Crippen molar-refractivity contribution in [3.05, 3.63) is 60.7 Å². The minimum Gasteiger partial charge on any atom is -0.479 e. The smallest absolute Gasteiger partial charge is 0.343 e. The van der Waals surface area contributed by atoms with Crippen LogP contribution in [0.25, 0.3) is 0 Å². The third-order valence-electron chi connectivity index (χ3n) is 2.91. The van der Waals surface area contributed by atoms with E-state index in [2.05, 4.69) is 4.90 Å². The van der Waals surface area contributed by atoms with Crippen molar-refractivity contribution in [2.24, 2.45) is 0 Å². The number of carbonyl (C=O) groups is 1. The number of rotatable bonds is 7. The van der Waals surface area contributed by atoms with Crippen molar-refractivity contribution in [1.29, 1.82) is 0 Å². The zero-order chi connectivity index (χ0) is 15.1. The topological polar surface area (TPSA) is 49.8 Å². The van der Waals surface area contributed by atoms with Gasteiger partial charge in [0.1, 0.15) is 0 Å². The van der Waals surface area contributed by atoms with Crippen LogP contribution < -0.4 is 4.90 Å². The maximum Gasteiger partial charge on any atom is 0.343 e. The van der Waals surface area contributed by atoms with Gasteiger partial charge in [0.2, 0.25) is 5.44 Å². The maximum absolute atomic E-state index is 11.1. The molecule has 110 valence electrons. The van der Waals surface area contributed by atoms with Crippen LogP contribution in [-0.2, 0) is 9.53 Å². The molecule has 4 nitrogen and oxygen atoms in total. The van der Waals surface area contributed by atoms with Crippen LogP contribution in [-0.4, -0.2) is 29.5 Å². The Labute approximate surface area is 128 Å². The first-order valence-electron chi connectivity index (χ1n) is 6.47. The van der Waals surface area contributed by atoms with Crippen molar-refractivity contribution in [1.82, 2.24) is 0 Å². The van der Waals surface area contributed by atoms with Crippen molar-refractivity contribution in [3.8, 4) is 0 Å². The molecule has 0 aliphatic rings. The minimum absolute atomic E-state index is 0.485. The molecule has 2 rings (SSSR count). The molecule has 0 aromatic heterocycles. The Morgan fingerprint density at radius 3 is 1.95 bits per heavy atom. The van der Waals surface area contributed by atoms with E-state index in [0.717, 1.165) is 11.4 Å². The number of nitrogens with zero attached hydrogens (tertiary/aromatic N) is 1. The summed E-state index contributed by atoms with van der Waals surface area (Å²) < 4.78 is 4.97. The zero-order valence-corrected chi connectivity index (χ0v) is 12.5. The number of ether oxygens (including phenoxy) is 1. The second-order valence-electron chi connectivity index (χ2n) is 4.30. The van der Waals surface area contributed by atoms with Gasteiger partial charge in [-0.15, -0.1) is 0 Å². The predicted molar refractivity (Wildman–Crippen MR) is 85.9 cm³/mol. The molecule has 5 heteroatoms. The average molecular weight is 303 g/mol. The number of aliphatic carboxylic acids is 1. The van der Waals surface area contributed by atoms with E-state index < -0.39 is 11.4 Å². The number of para-hydroxylation sites is 2. The van der Waals surface area contributed by atoms with Crippen molar-refractivity contribution >= 4 is 29.1 Å². The molecule has 1 unspecified atom stereocenters. The van der Waals surface area contributed by atoms with Crippen LogP contribution in [0.3, 0.4) is 0 Å². The van der Waals surface area contributed by atoms with Gasteiger partial charge >= 0.3 is 5.97 Å². The van der Waals surface area contributed by atoms with Crippen molar-refractivity contribution in [2.45, 2.75) is 5.44 Å². The van der Waals surface area contributed by atoms with Crippen LogP contribution in [0, 0.1) is 0 Å². The quantitative estimate of drug-likeness (QED) is 0.792. The summed E-state index contributed by atoms with van der Waals surface area (Å²) in [5.41, 5.74) is 1.15. The summed E-state index contributed by atoms with van der Waals surface area (Å²) in [6, 6.07) is 19.7. The Morgan fingerprint density at radius 1 is 1.10 bits per heavy atom. The van der Waals surface area contributed by atoms with E-state index in [-0.39, 0.29) is 0 Å².